The quantitative estimate of drug-likeness (QED) is 0.581. The second-order valence-electron chi connectivity index (χ2n) is 2.57. The molecule has 1 aromatic rings. The summed E-state index contributed by atoms with van der Waals surface area (Å²) in [5, 5.41) is 17.1. The Kier molecular flexibility index (Phi) is 4.02. The van der Waals surface area contributed by atoms with E-state index >= 15 is 0 Å². The predicted octanol–water partition coefficient (Wildman–Crippen LogP) is 3.78. The van der Waals surface area contributed by atoms with Crippen LogP contribution in [0.5, 0.6) is 0 Å². The zero-order chi connectivity index (χ0) is 11.4. The van der Waals surface area contributed by atoms with Gasteiger partial charge < -0.3 is 0 Å². The van der Waals surface area contributed by atoms with Gasteiger partial charge in [-0.15, -0.1) is 0 Å². The Balaban J connectivity index is 3.30. The number of halogens is 3. The third kappa shape index (κ3) is 2.89. The Labute approximate surface area is 103 Å². The standard InChI is InChI=1S/C10H3Br2FN2/c11-8-3-10(13)9(12)2-7(8)1-6(4-14)5-15/h1-3H. The fourth-order valence-electron chi connectivity index (χ4n) is 0.894. The van der Waals surface area contributed by atoms with E-state index in [0.29, 0.717) is 10.0 Å². The molecule has 15 heavy (non-hydrogen) atoms. The monoisotopic (exact) mass is 328 g/mol. The molecule has 5 heteroatoms. The number of hydrogen-bond acceptors (Lipinski definition) is 2. The third-order valence-electron chi connectivity index (χ3n) is 1.58. The van der Waals surface area contributed by atoms with E-state index in [1.165, 1.54) is 18.2 Å². The Morgan fingerprint density at radius 2 is 1.80 bits per heavy atom. The lowest BCUT2D eigenvalue weighted by molar-refractivity contribution is 0.620. The largest absolute Gasteiger partial charge is 0.206 e. The van der Waals surface area contributed by atoms with Gasteiger partial charge in [0.1, 0.15) is 23.5 Å². The SMILES string of the molecule is N#CC(C#N)=Cc1cc(Br)c(F)cc1Br. The van der Waals surface area contributed by atoms with E-state index in [1.54, 1.807) is 12.1 Å². The molecule has 2 nitrogen and oxygen atoms in total. The highest BCUT2D eigenvalue weighted by molar-refractivity contribution is 9.11. The lowest BCUT2D eigenvalue weighted by Gasteiger charge is -2.00. The highest BCUT2D eigenvalue weighted by Crippen LogP contribution is 2.26. The fraction of sp³-hybridized carbons (Fsp3) is 0. The van der Waals surface area contributed by atoms with E-state index < -0.39 is 5.82 Å². The Morgan fingerprint density at radius 1 is 1.20 bits per heavy atom. The topological polar surface area (TPSA) is 47.6 Å². The minimum absolute atomic E-state index is 0.0331. The van der Waals surface area contributed by atoms with Gasteiger partial charge in [-0.25, -0.2) is 4.39 Å². The number of nitrogens with zero attached hydrogens (tertiary/aromatic N) is 2. The summed E-state index contributed by atoms with van der Waals surface area (Å²) in [7, 11) is 0. The maximum atomic E-state index is 13.0. The van der Waals surface area contributed by atoms with Crippen molar-refractivity contribution in [3.8, 4) is 12.1 Å². The van der Waals surface area contributed by atoms with E-state index in [9.17, 15) is 4.39 Å². The van der Waals surface area contributed by atoms with Gasteiger partial charge in [0.15, 0.2) is 0 Å². The minimum atomic E-state index is -0.408. The molecule has 0 spiro atoms. The molecule has 1 aromatic carbocycles. The van der Waals surface area contributed by atoms with Crippen LogP contribution in [0.4, 0.5) is 4.39 Å². The van der Waals surface area contributed by atoms with Crippen LogP contribution in [0.25, 0.3) is 6.08 Å². The van der Waals surface area contributed by atoms with Crippen LogP contribution in [0.2, 0.25) is 0 Å². The molecule has 0 N–H and O–H groups in total. The zero-order valence-corrected chi connectivity index (χ0v) is 10.4. The molecule has 0 bridgehead atoms. The second-order valence-corrected chi connectivity index (χ2v) is 4.28. The van der Waals surface area contributed by atoms with Crippen molar-refractivity contribution in [2.24, 2.45) is 0 Å². The molecule has 0 fully saturated rings. The first-order valence-electron chi connectivity index (χ1n) is 3.75. The molecular weight excluding hydrogens is 327 g/mol. The van der Waals surface area contributed by atoms with Gasteiger partial charge in [0.2, 0.25) is 0 Å². The first-order chi connectivity index (χ1) is 7.08. The molecule has 0 aliphatic rings. The summed E-state index contributed by atoms with van der Waals surface area (Å²) in [6, 6.07) is 6.22. The zero-order valence-electron chi connectivity index (χ0n) is 7.26. The van der Waals surface area contributed by atoms with Crippen LogP contribution in [0.15, 0.2) is 26.7 Å². The van der Waals surface area contributed by atoms with Crippen LogP contribution in [-0.4, -0.2) is 0 Å². The average molecular weight is 330 g/mol. The maximum Gasteiger partial charge on any atom is 0.138 e. The van der Waals surface area contributed by atoms with Crippen LogP contribution in [0, 0.1) is 28.5 Å². The highest BCUT2D eigenvalue weighted by Gasteiger charge is 2.05. The second kappa shape index (κ2) is 5.06. The molecule has 0 amide bonds. The average Bonchev–Trinajstić information content (AvgIpc) is 2.21. The smallest absolute Gasteiger partial charge is 0.138 e. The molecule has 0 aliphatic carbocycles. The van der Waals surface area contributed by atoms with Crippen molar-refractivity contribution in [3.05, 3.63) is 38.0 Å². The summed E-state index contributed by atoms with van der Waals surface area (Å²) in [5.41, 5.74) is 0.538. The molecule has 0 radical (unpaired) electrons. The van der Waals surface area contributed by atoms with Gasteiger partial charge in [-0.3, -0.25) is 0 Å². The summed E-state index contributed by atoms with van der Waals surface area (Å²) in [5.74, 6) is -0.408. The van der Waals surface area contributed by atoms with Crippen molar-refractivity contribution in [1.29, 1.82) is 10.5 Å². The van der Waals surface area contributed by atoms with Crippen molar-refractivity contribution in [3.63, 3.8) is 0 Å². The molecule has 0 aliphatic heterocycles. The van der Waals surface area contributed by atoms with E-state index in [0.717, 1.165) is 0 Å². The number of allylic oxidation sites excluding steroid dienone is 1. The molecule has 0 saturated carbocycles. The van der Waals surface area contributed by atoms with Crippen LogP contribution < -0.4 is 0 Å². The van der Waals surface area contributed by atoms with Gasteiger partial charge in [0.05, 0.1) is 4.47 Å². The van der Waals surface area contributed by atoms with E-state index in [4.69, 9.17) is 10.5 Å². The highest BCUT2D eigenvalue weighted by atomic mass is 79.9. The van der Waals surface area contributed by atoms with Gasteiger partial charge >= 0.3 is 0 Å². The maximum absolute atomic E-state index is 13.0. The van der Waals surface area contributed by atoms with Crippen LogP contribution in [0.1, 0.15) is 5.56 Å². The first kappa shape index (κ1) is 11.9. The van der Waals surface area contributed by atoms with Crippen molar-refractivity contribution in [2.75, 3.05) is 0 Å². The van der Waals surface area contributed by atoms with E-state index in [1.807, 2.05) is 0 Å². The number of benzene rings is 1. The summed E-state index contributed by atoms with van der Waals surface area (Å²) in [6.07, 6.45) is 1.38. The van der Waals surface area contributed by atoms with Gasteiger partial charge in [-0.05, 0) is 39.7 Å². The molecule has 0 saturated heterocycles. The van der Waals surface area contributed by atoms with Gasteiger partial charge in [-0.1, -0.05) is 15.9 Å². The molecule has 0 aromatic heterocycles. The van der Waals surface area contributed by atoms with E-state index in [2.05, 4.69) is 31.9 Å². The predicted molar refractivity (Wildman–Crippen MR) is 61.0 cm³/mol. The first-order valence-corrected chi connectivity index (χ1v) is 5.33. The van der Waals surface area contributed by atoms with Crippen LogP contribution in [-0.2, 0) is 0 Å². The van der Waals surface area contributed by atoms with E-state index in [-0.39, 0.29) is 10.0 Å². The normalized spacial score (nSPS) is 8.87. The molecule has 0 unspecified atom stereocenters. The summed E-state index contributed by atoms with van der Waals surface area (Å²) < 4.78 is 13.8. The Morgan fingerprint density at radius 3 is 2.33 bits per heavy atom. The van der Waals surface area contributed by atoms with Gasteiger partial charge in [0.25, 0.3) is 0 Å². The molecule has 0 atom stereocenters. The lowest BCUT2D eigenvalue weighted by Crippen LogP contribution is -1.83. The van der Waals surface area contributed by atoms with Gasteiger partial charge in [0, 0.05) is 4.47 Å². The van der Waals surface area contributed by atoms with Crippen molar-refractivity contribution >= 4 is 37.9 Å². The molecule has 0 heterocycles. The minimum Gasteiger partial charge on any atom is -0.206 e. The Hall–Kier alpha value is -1.17. The lowest BCUT2D eigenvalue weighted by atomic mass is 10.1. The van der Waals surface area contributed by atoms with Crippen LogP contribution >= 0.6 is 31.9 Å². The molecule has 74 valence electrons. The fourth-order valence-corrected chi connectivity index (χ4v) is 1.68. The molecular formula is C10H3Br2FN2. The third-order valence-corrected chi connectivity index (χ3v) is 2.87. The van der Waals surface area contributed by atoms with Crippen molar-refractivity contribution in [1.82, 2.24) is 0 Å². The Bertz CT molecular complexity index is 493. The van der Waals surface area contributed by atoms with Crippen LogP contribution in [0.3, 0.4) is 0 Å². The number of rotatable bonds is 1. The van der Waals surface area contributed by atoms with Crippen molar-refractivity contribution in [2.45, 2.75) is 0 Å². The number of hydrogen-bond donors (Lipinski definition) is 0. The van der Waals surface area contributed by atoms with Gasteiger partial charge in [-0.2, -0.15) is 10.5 Å². The summed E-state index contributed by atoms with van der Waals surface area (Å²) in [6.45, 7) is 0. The number of nitriles is 2. The molecule has 1 rings (SSSR count). The summed E-state index contributed by atoms with van der Waals surface area (Å²) >= 11 is 6.17. The summed E-state index contributed by atoms with van der Waals surface area (Å²) in [4.78, 5) is 0. The van der Waals surface area contributed by atoms with Crippen molar-refractivity contribution < 1.29 is 4.39 Å².